The van der Waals surface area contributed by atoms with Gasteiger partial charge in [0.15, 0.2) is 0 Å². The Hall–Kier alpha value is -1.95. The molecule has 0 radical (unpaired) electrons. The smallest absolute Gasteiger partial charge is 0.314 e. The SMILES string of the molecule is Cc1ccc(OC(=O)C2CCN(c3ncccn3)CC2)c(Br)c1. The van der Waals surface area contributed by atoms with E-state index in [0.717, 1.165) is 41.9 Å². The standard InChI is InChI=1S/C17H18BrN3O2/c1-12-3-4-15(14(18)11-12)23-16(22)13-5-9-21(10-6-13)17-19-7-2-8-20-17/h2-4,7-8,11,13H,5-6,9-10H2,1H3. The highest BCUT2D eigenvalue weighted by Crippen LogP contribution is 2.28. The van der Waals surface area contributed by atoms with Gasteiger partial charge in [-0.1, -0.05) is 6.07 Å². The Bertz CT molecular complexity index is 685. The normalized spacial score (nSPS) is 15.5. The van der Waals surface area contributed by atoms with E-state index in [1.165, 1.54) is 0 Å². The van der Waals surface area contributed by atoms with Crippen LogP contribution in [0, 0.1) is 12.8 Å². The summed E-state index contributed by atoms with van der Waals surface area (Å²) >= 11 is 3.44. The first-order chi connectivity index (χ1) is 11.1. The first-order valence-electron chi connectivity index (χ1n) is 7.63. The summed E-state index contributed by atoms with van der Waals surface area (Å²) in [5, 5.41) is 0. The van der Waals surface area contributed by atoms with Gasteiger partial charge < -0.3 is 9.64 Å². The van der Waals surface area contributed by atoms with Crippen molar-refractivity contribution >= 4 is 27.8 Å². The van der Waals surface area contributed by atoms with Crippen LogP contribution in [0.5, 0.6) is 5.75 Å². The Morgan fingerprint density at radius 2 is 1.96 bits per heavy atom. The van der Waals surface area contributed by atoms with Gasteiger partial charge >= 0.3 is 5.97 Å². The molecule has 0 amide bonds. The fourth-order valence-electron chi connectivity index (χ4n) is 2.65. The predicted octanol–water partition coefficient (Wildman–Crippen LogP) is 3.37. The molecule has 1 fully saturated rings. The molecule has 0 N–H and O–H groups in total. The van der Waals surface area contributed by atoms with Crippen LogP contribution in [0.1, 0.15) is 18.4 Å². The van der Waals surface area contributed by atoms with Crippen LogP contribution >= 0.6 is 15.9 Å². The third kappa shape index (κ3) is 3.88. The zero-order chi connectivity index (χ0) is 16.2. The Kier molecular flexibility index (Phi) is 4.91. The van der Waals surface area contributed by atoms with Gasteiger partial charge in [0.2, 0.25) is 5.95 Å². The molecule has 0 spiro atoms. The highest BCUT2D eigenvalue weighted by Gasteiger charge is 2.27. The molecule has 2 aromatic rings. The fourth-order valence-corrected chi connectivity index (χ4v) is 3.22. The number of ether oxygens (including phenoxy) is 1. The van der Waals surface area contributed by atoms with E-state index in [1.54, 1.807) is 18.5 Å². The summed E-state index contributed by atoms with van der Waals surface area (Å²) in [4.78, 5) is 23.0. The Morgan fingerprint density at radius 1 is 1.26 bits per heavy atom. The molecule has 1 aromatic carbocycles. The monoisotopic (exact) mass is 375 g/mol. The number of anilines is 1. The predicted molar refractivity (Wildman–Crippen MR) is 91.5 cm³/mol. The van der Waals surface area contributed by atoms with Gasteiger partial charge in [-0.05, 0) is 59.5 Å². The van der Waals surface area contributed by atoms with Gasteiger partial charge in [-0.25, -0.2) is 9.97 Å². The van der Waals surface area contributed by atoms with E-state index in [0.29, 0.717) is 5.75 Å². The molecule has 0 saturated carbocycles. The molecule has 3 rings (SSSR count). The first kappa shape index (κ1) is 15.9. The minimum atomic E-state index is -0.164. The number of aromatic nitrogens is 2. The lowest BCUT2D eigenvalue weighted by molar-refractivity contribution is -0.139. The highest BCUT2D eigenvalue weighted by atomic mass is 79.9. The molecule has 0 bridgehead atoms. The Morgan fingerprint density at radius 3 is 2.61 bits per heavy atom. The topological polar surface area (TPSA) is 55.3 Å². The number of benzene rings is 1. The van der Waals surface area contributed by atoms with Crippen molar-refractivity contribution in [1.82, 2.24) is 9.97 Å². The summed E-state index contributed by atoms with van der Waals surface area (Å²) in [5.74, 6) is 1.06. The number of aryl methyl sites for hydroxylation is 1. The minimum Gasteiger partial charge on any atom is -0.425 e. The largest absolute Gasteiger partial charge is 0.425 e. The average molecular weight is 376 g/mol. The van der Waals surface area contributed by atoms with Gasteiger partial charge in [0.1, 0.15) is 5.75 Å². The van der Waals surface area contributed by atoms with Crippen LogP contribution in [0.25, 0.3) is 0 Å². The van der Waals surface area contributed by atoms with Crippen molar-refractivity contribution in [3.8, 4) is 5.75 Å². The van der Waals surface area contributed by atoms with Gasteiger partial charge in [0.25, 0.3) is 0 Å². The van der Waals surface area contributed by atoms with Crippen molar-refractivity contribution in [1.29, 1.82) is 0 Å². The molecule has 1 aromatic heterocycles. The third-order valence-corrected chi connectivity index (χ3v) is 4.58. The molecule has 0 aliphatic carbocycles. The van der Waals surface area contributed by atoms with Crippen LogP contribution < -0.4 is 9.64 Å². The zero-order valence-electron chi connectivity index (χ0n) is 12.9. The van der Waals surface area contributed by atoms with E-state index in [2.05, 4.69) is 30.8 Å². The Balaban J connectivity index is 1.58. The summed E-state index contributed by atoms with van der Waals surface area (Å²) in [5.41, 5.74) is 1.12. The number of esters is 1. The number of nitrogens with zero attached hydrogens (tertiary/aromatic N) is 3. The maximum atomic E-state index is 12.4. The van der Waals surface area contributed by atoms with E-state index in [-0.39, 0.29) is 11.9 Å². The van der Waals surface area contributed by atoms with Crippen LogP contribution in [0.3, 0.4) is 0 Å². The number of hydrogen-bond acceptors (Lipinski definition) is 5. The van der Waals surface area contributed by atoms with Crippen molar-refractivity contribution < 1.29 is 9.53 Å². The van der Waals surface area contributed by atoms with Crippen molar-refractivity contribution in [2.24, 2.45) is 5.92 Å². The maximum Gasteiger partial charge on any atom is 0.314 e. The molecule has 1 aliphatic rings. The van der Waals surface area contributed by atoms with Gasteiger partial charge in [0, 0.05) is 25.5 Å². The molecule has 1 aliphatic heterocycles. The second-order valence-corrected chi connectivity index (χ2v) is 6.52. The van der Waals surface area contributed by atoms with Crippen molar-refractivity contribution in [2.75, 3.05) is 18.0 Å². The molecular formula is C17H18BrN3O2. The summed E-state index contributed by atoms with van der Waals surface area (Å²) in [7, 11) is 0. The molecule has 1 saturated heterocycles. The molecule has 120 valence electrons. The minimum absolute atomic E-state index is 0.0804. The van der Waals surface area contributed by atoms with Gasteiger partial charge in [0.05, 0.1) is 10.4 Å². The molecule has 0 atom stereocenters. The lowest BCUT2D eigenvalue weighted by Crippen LogP contribution is -2.38. The van der Waals surface area contributed by atoms with Gasteiger partial charge in [-0.2, -0.15) is 0 Å². The van der Waals surface area contributed by atoms with Crippen LogP contribution in [0.4, 0.5) is 5.95 Å². The van der Waals surface area contributed by atoms with Gasteiger partial charge in [-0.15, -0.1) is 0 Å². The van der Waals surface area contributed by atoms with Crippen LogP contribution in [-0.2, 0) is 4.79 Å². The summed E-state index contributed by atoms with van der Waals surface area (Å²) < 4.78 is 6.35. The third-order valence-electron chi connectivity index (χ3n) is 3.96. The van der Waals surface area contributed by atoms with Crippen molar-refractivity contribution in [3.63, 3.8) is 0 Å². The molecule has 0 unspecified atom stereocenters. The number of carbonyl (C=O) groups is 1. The maximum absolute atomic E-state index is 12.4. The number of carbonyl (C=O) groups excluding carboxylic acids is 1. The van der Waals surface area contributed by atoms with Crippen LogP contribution in [0.2, 0.25) is 0 Å². The second kappa shape index (κ2) is 7.08. The fraction of sp³-hybridized carbons (Fsp3) is 0.353. The highest BCUT2D eigenvalue weighted by molar-refractivity contribution is 9.10. The van der Waals surface area contributed by atoms with E-state index in [1.807, 2.05) is 25.1 Å². The summed E-state index contributed by atoms with van der Waals surface area (Å²) in [6.07, 6.45) is 4.97. The van der Waals surface area contributed by atoms with E-state index in [9.17, 15) is 4.79 Å². The van der Waals surface area contributed by atoms with Crippen LogP contribution in [0.15, 0.2) is 41.1 Å². The average Bonchev–Trinajstić information content (AvgIpc) is 2.58. The van der Waals surface area contributed by atoms with Crippen molar-refractivity contribution in [2.45, 2.75) is 19.8 Å². The van der Waals surface area contributed by atoms with Crippen molar-refractivity contribution in [3.05, 3.63) is 46.7 Å². The summed E-state index contributed by atoms with van der Waals surface area (Å²) in [6.45, 7) is 3.52. The van der Waals surface area contributed by atoms with Crippen LogP contribution in [-0.4, -0.2) is 29.0 Å². The van der Waals surface area contributed by atoms with E-state index >= 15 is 0 Å². The lowest BCUT2D eigenvalue weighted by atomic mass is 9.97. The molecule has 23 heavy (non-hydrogen) atoms. The second-order valence-electron chi connectivity index (χ2n) is 5.67. The molecule has 6 heteroatoms. The Labute approximate surface area is 143 Å². The lowest BCUT2D eigenvalue weighted by Gasteiger charge is -2.30. The van der Waals surface area contributed by atoms with E-state index < -0.39 is 0 Å². The first-order valence-corrected chi connectivity index (χ1v) is 8.42. The van der Waals surface area contributed by atoms with Gasteiger partial charge in [-0.3, -0.25) is 4.79 Å². The quantitative estimate of drug-likeness (QED) is 0.607. The number of piperidine rings is 1. The molecule has 2 heterocycles. The number of hydrogen-bond donors (Lipinski definition) is 0. The number of rotatable bonds is 3. The molecular weight excluding hydrogens is 358 g/mol. The number of halogens is 1. The zero-order valence-corrected chi connectivity index (χ0v) is 14.5. The molecule has 5 nitrogen and oxygen atoms in total. The summed E-state index contributed by atoms with van der Waals surface area (Å²) in [6, 6.07) is 7.50. The van der Waals surface area contributed by atoms with E-state index in [4.69, 9.17) is 4.74 Å².